The van der Waals surface area contributed by atoms with Crippen molar-refractivity contribution in [1.29, 1.82) is 0 Å². The molecule has 0 amide bonds. The van der Waals surface area contributed by atoms with Gasteiger partial charge in [-0.15, -0.1) is 35.3 Å². The lowest BCUT2D eigenvalue weighted by molar-refractivity contribution is 0.143. The van der Waals surface area contributed by atoms with Crippen molar-refractivity contribution in [2.45, 2.75) is 37.4 Å². The van der Waals surface area contributed by atoms with Crippen LogP contribution < -0.4 is 10.6 Å². The summed E-state index contributed by atoms with van der Waals surface area (Å²) < 4.78 is 6.47. The second-order valence-corrected chi connectivity index (χ2v) is 6.83. The molecular formula is C15H29IN4OS2. The highest BCUT2D eigenvalue weighted by atomic mass is 127. The van der Waals surface area contributed by atoms with Gasteiger partial charge in [-0.25, -0.2) is 4.98 Å². The number of hydrogen-bond donors (Lipinski definition) is 2. The summed E-state index contributed by atoms with van der Waals surface area (Å²) >= 11 is 3.50. The number of aromatic nitrogens is 1. The molecule has 0 aliphatic rings. The number of hydrogen-bond acceptors (Lipinski definition) is 5. The Kier molecular flexibility index (Phi) is 16.7. The van der Waals surface area contributed by atoms with Crippen molar-refractivity contribution >= 4 is 53.0 Å². The molecule has 0 aromatic carbocycles. The van der Waals surface area contributed by atoms with E-state index >= 15 is 0 Å². The van der Waals surface area contributed by atoms with E-state index in [1.54, 1.807) is 23.1 Å². The first kappa shape index (κ1) is 22.9. The first-order valence-corrected chi connectivity index (χ1v) is 9.85. The number of ether oxygens (including phenoxy) is 1. The minimum atomic E-state index is 0. The van der Waals surface area contributed by atoms with Crippen LogP contribution in [0.15, 0.2) is 20.9 Å². The van der Waals surface area contributed by atoms with Gasteiger partial charge in [-0.3, -0.25) is 4.99 Å². The van der Waals surface area contributed by atoms with Crippen molar-refractivity contribution in [2.24, 2.45) is 4.99 Å². The number of aliphatic imine (C=N–C) groups is 1. The van der Waals surface area contributed by atoms with E-state index in [-0.39, 0.29) is 24.0 Å². The minimum absolute atomic E-state index is 0. The third-order valence-corrected chi connectivity index (χ3v) is 4.82. The number of halogens is 1. The molecule has 0 spiro atoms. The third-order valence-electron chi connectivity index (χ3n) is 2.76. The summed E-state index contributed by atoms with van der Waals surface area (Å²) in [5.74, 6) is 1.98. The van der Waals surface area contributed by atoms with Gasteiger partial charge in [0.1, 0.15) is 4.34 Å². The van der Waals surface area contributed by atoms with Crippen LogP contribution in [0.5, 0.6) is 0 Å². The van der Waals surface area contributed by atoms with Crippen molar-refractivity contribution in [3.63, 3.8) is 0 Å². The molecular weight excluding hydrogens is 443 g/mol. The molecule has 2 N–H and O–H groups in total. The fourth-order valence-corrected chi connectivity index (χ4v) is 3.35. The molecule has 134 valence electrons. The summed E-state index contributed by atoms with van der Waals surface area (Å²) in [6, 6.07) is 0. The van der Waals surface area contributed by atoms with E-state index in [2.05, 4.69) is 27.5 Å². The van der Waals surface area contributed by atoms with Gasteiger partial charge in [-0.1, -0.05) is 11.8 Å². The summed E-state index contributed by atoms with van der Waals surface area (Å²) in [4.78, 5) is 8.86. The zero-order valence-electron chi connectivity index (χ0n) is 14.0. The lowest BCUT2D eigenvalue weighted by atomic mass is 10.3. The summed E-state index contributed by atoms with van der Waals surface area (Å²) in [6.07, 6.45) is 5.10. The molecule has 1 aromatic heterocycles. The largest absolute Gasteiger partial charge is 0.382 e. The number of guanidine groups is 1. The molecule has 0 saturated heterocycles. The maximum atomic E-state index is 5.33. The quantitative estimate of drug-likeness (QED) is 0.160. The van der Waals surface area contributed by atoms with E-state index in [1.165, 1.54) is 0 Å². The Morgan fingerprint density at radius 3 is 2.87 bits per heavy atom. The summed E-state index contributed by atoms with van der Waals surface area (Å²) in [7, 11) is 0. The number of nitrogens with zero attached hydrogens (tertiary/aromatic N) is 2. The number of thiazole rings is 1. The molecule has 23 heavy (non-hydrogen) atoms. The summed E-state index contributed by atoms with van der Waals surface area (Å²) in [6.45, 7) is 8.43. The lowest BCUT2D eigenvalue weighted by Crippen LogP contribution is -2.38. The lowest BCUT2D eigenvalue weighted by Gasteiger charge is -2.11. The fourth-order valence-electron chi connectivity index (χ4n) is 1.72. The number of unbranched alkanes of at least 4 members (excludes halogenated alkanes) is 1. The molecule has 1 rings (SSSR count). The van der Waals surface area contributed by atoms with Gasteiger partial charge in [0.15, 0.2) is 5.96 Å². The van der Waals surface area contributed by atoms with Gasteiger partial charge in [0, 0.05) is 50.2 Å². The second kappa shape index (κ2) is 16.8. The zero-order chi connectivity index (χ0) is 15.9. The minimum Gasteiger partial charge on any atom is -0.382 e. The molecule has 0 fully saturated rings. The molecule has 5 nitrogen and oxygen atoms in total. The van der Waals surface area contributed by atoms with Crippen molar-refractivity contribution in [3.8, 4) is 0 Å². The smallest absolute Gasteiger partial charge is 0.191 e. The number of thioether (sulfide) groups is 1. The standard InChI is InChI=1S/C15H28N4OS2.HI/c1-3-16-14(17-8-5-6-11-20-4-2)18-9-7-12-21-15-19-10-13-22-15;/h10,13H,3-9,11-12H2,1-2H3,(H2,16,17,18);1H. The molecule has 0 unspecified atom stereocenters. The van der Waals surface area contributed by atoms with Crippen molar-refractivity contribution < 1.29 is 4.74 Å². The van der Waals surface area contributed by atoms with Crippen LogP contribution in [-0.2, 0) is 4.74 Å². The van der Waals surface area contributed by atoms with E-state index in [9.17, 15) is 0 Å². The predicted octanol–water partition coefficient (Wildman–Crippen LogP) is 3.62. The van der Waals surface area contributed by atoms with Crippen LogP contribution in [0.25, 0.3) is 0 Å². The zero-order valence-corrected chi connectivity index (χ0v) is 18.0. The molecule has 1 aromatic rings. The van der Waals surface area contributed by atoms with E-state index in [0.717, 1.165) is 68.2 Å². The van der Waals surface area contributed by atoms with Crippen LogP contribution >= 0.6 is 47.1 Å². The normalized spacial score (nSPS) is 11.1. The Labute approximate surface area is 165 Å². The topological polar surface area (TPSA) is 58.5 Å². The highest BCUT2D eigenvalue weighted by Crippen LogP contribution is 2.20. The Hall–Kier alpha value is -0.0600. The second-order valence-electron chi connectivity index (χ2n) is 4.59. The maximum absolute atomic E-state index is 5.33. The maximum Gasteiger partial charge on any atom is 0.191 e. The Bertz CT molecular complexity index is 391. The van der Waals surface area contributed by atoms with Gasteiger partial charge in [0.2, 0.25) is 0 Å². The molecule has 0 atom stereocenters. The Morgan fingerprint density at radius 2 is 2.17 bits per heavy atom. The van der Waals surface area contributed by atoms with Gasteiger partial charge in [0.05, 0.1) is 0 Å². The Balaban J connectivity index is 0.00000484. The van der Waals surface area contributed by atoms with Crippen LogP contribution in [-0.4, -0.2) is 49.5 Å². The monoisotopic (exact) mass is 472 g/mol. The van der Waals surface area contributed by atoms with Gasteiger partial charge < -0.3 is 15.4 Å². The van der Waals surface area contributed by atoms with Crippen LogP contribution in [0.2, 0.25) is 0 Å². The van der Waals surface area contributed by atoms with Gasteiger partial charge in [0.25, 0.3) is 0 Å². The summed E-state index contributed by atoms with van der Waals surface area (Å²) in [5, 5.41) is 8.66. The first-order chi connectivity index (χ1) is 10.9. The molecule has 1 heterocycles. The number of nitrogens with one attached hydrogen (secondary N) is 2. The van der Waals surface area contributed by atoms with E-state index < -0.39 is 0 Å². The van der Waals surface area contributed by atoms with Crippen molar-refractivity contribution in [3.05, 3.63) is 11.6 Å². The molecule has 0 bridgehead atoms. The fraction of sp³-hybridized carbons (Fsp3) is 0.733. The first-order valence-electron chi connectivity index (χ1n) is 7.99. The predicted molar refractivity (Wildman–Crippen MR) is 113 cm³/mol. The Morgan fingerprint density at radius 1 is 1.30 bits per heavy atom. The van der Waals surface area contributed by atoms with E-state index in [4.69, 9.17) is 4.74 Å². The van der Waals surface area contributed by atoms with Crippen molar-refractivity contribution in [1.82, 2.24) is 15.6 Å². The van der Waals surface area contributed by atoms with Gasteiger partial charge >= 0.3 is 0 Å². The van der Waals surface area contributed by atoms with Gasteiger partial charge in [-0.2, -0.15) is 0 Å². The number of rotatable bonds is 12. The third kappa shape index (κ3) is 13.0. The highest BCUT2D eigenvalue weighted by Gasteiger charge is 1.98. The van der Waals surface area contributed by atoms with Crippen LogP contribution in [0.3, 0.4) is 0 Å². The molecule has 0 saturated carbocycles. The molecule has 8 heteroatoms. The van der Waals surface area contributed by atoms with E-state index in [0.29, 0.717) is 0 Å². The average Bonchev–Trinajstić information content (AvgIpc) is 3.03. The molecule has 0 aliphatic heterocycles. The van der Waals surface area contributed by atoms with Gasteiger partial charge in [-0.05, 0) is 33.1 Å². The van der Waals surface area contributed by atoms with Crippen molar-refractivity contribution in [2.75, 3.05) is 38.6 Å². The van der Waals surface area contributed by atoms with Crippen LogP contribution in [0.4, 0.5) is 0 Å². The molecule has 0 radical (unpaired) electrons. The average molecular weight is 472 g/mol. The SMILES string of the molecule is CCNC(=NCCCSc1nccs1)NCCCCOCC.I. The van der Waals surface area contributed by atoms with E-state index in [1.807, 2.05) is 18.5 Å². The molecule has 0 aliphatic carbocycles. The highest BCUT2D eigenvalue weighted by molar-refractivity contribution is 14.0. The summed E-state index contributed by atoms with van der Waals surface area (Å²) in [5.41, 5.74) is 0. The van der Waals surface area contributed by atoms with Crippen LogP contribution in [0.1, 0.15) is 33.1 Å². The van der Waals surface area contributed by atoms with Crippen LogP contribution in [0, 0.1) is 0 Å².